The number of rotatable bonds is 4. The van der Waals surface area contributed by atoms with Crippen LogP contribution in [0.5, 0.6) is 0 Å². The predicted octanol–water partition coefficient (Wildman–Crippen LogP) is 6.84. The Kier molecular flexibility index (Phi) is 4.63. The maximum Gasteiger partial charge on any atom is 0.145 e. The Hall–Kier alpha value is -3.76. The summed E-state index contributed by atoms with van der Waals surface area (Å²) in [5.41, 5.74) is 12.6. The van der Waals surface area contributed by atoms with Gasteiger partial charge in [-0.25, -0.2) is 9.37 Å². The van der Waals surface area contributed by atoms with Gasteiger partial charge in [0.05, 0.1) is 11.4 Å². The average molecular weight is 434 g/mol. The molecule has 2 aromatic heterocycles. The molecular formula is C29H24FN3. The van der Waals surface area contributed by atoms with Crippen molar-refractivity contribution < 1.29 is 4.39 Å². The van der Waals surface area contributed by atoms with Gasteiger partial charge in [0.15, 0.2) is 0 Å². The van der Waals surface area contributed by atoms with Crippen molar-refractivity contribution in [3.05, 3.63) is 108 Å². The highest BCUT2D eigenvalue weighted by Crippen LogP contribution is 2.39. The van der Waals surface area contributed by atoms with Crippen molar-refractivity contribution in [2.45, 2.75) is 24.8 Å². The lowest BCUT2D eigenvalue weighted by atomic mass is 9.73. The smallest absolute Gasteiger partial charge is 0.145 e. The third-order valence-corrected chi connectivity index (χ3v) is 6.82. The molecule has 0 unspecified atom stereocenters. The molecule has 4 heteroatoms. The Balaban J connectivity index is 1.56. The third-order valence-electron chi connectivity index (χ3n) is 6.82. The molecule has 3 nitrogen and oxygen atoms in total. The number of nitrogens with zero attached hydrogens (tertiary/aromatic N) is 2. The summed E-state index contributed by atoms with van der Waals surface area (Å²) >= 11 is 0. The SMILES string of the molecule is NC1(c2ccc(-n3c(-c4ccccc4)cc4ccc(-c5ccccc5F)nc43)cc2)CCC1. The normalized spacial score (nSPS) is 14.8. The van der Waals surface area contributed by atoms with E-state index < -0.39 is 0 Å². The van der Waals surface area contributed by atoms with Crippen LogP contribution in [0.25, 0.3) is 39.2 Å². The lowest BCUT2D eigenvalue weighted by Crippen LogP contribution is -2.43. The number of pyridine rings is 1. The molecule has 1 aliphatic carbocycles. The zero-order valence-electron chi connectivity index (χ0n) is 18.2. The Morgan fingerprint density at radius 1 is 0.818 bits per heavy atom. The highest BCUT2D eigenvalue weighted by Gasteiger charge is 2.34. The molecule has 0 aliphatic heterocycles. The van der Waals surface area contributed by atoms with E-state index in [1.54, 1.807) is 12.1 Å². The Labute approximate surface area is 192 Å². The number of fused-ring (bicyclic) bond motifs is 1. The zero-order chi connectivity index (χ0) is 22.4. The van der Waals surface area contributed by atoms with E-state index in [2.05, 4.69) is 47.0 Å². The first kappa shape index (κ1) is 19.9. The van der Waals surface area contributed by atoms with E-state index in [0.717, 1.165) is 40.8 Å². The standard InChI is InChI=1S/C29H24FN3/c30-25-10-5-4-9-24(25)26-16-11-21-19-27(20-7-2-1-3-8-20)33(28(21)32-26)23-14-12-22(13-15-23)29(31)17-6-18-29/h1-5,7-16,19H,6,17-18,31H2. The second-order valence-corrected chi connectivity index (χ2v) is 8.88. The van der Waals surface area contributed by atoms with Gasteiger partial charge in [-0.3, -0.25) is 4.57 Å². The van der Waals surface area contributed by atoms with Gasteiger partial charge >= 0.3 is 0 Å². The first-order chi connectivity index (χ1) is 16.1. The van der Waals surface area contributed by atoms with Gasteiger partial charge < -0.3 is 5.73 Å². The van der Waals surface area contributed by atoms with E-state index in [-0.39, 0.29) is 11.4 Å². The second kappa shape index (κ2) is 7.68. The van der Waals surface area contributed by atoms with Gasteiger partial charge in [-0.1, -0.05) is 54.6 Å². The van der Waals surface area contributed by atoms with Crippen LogP contribution in [0.15, 0.2) is 97.1 Å². The molecule has 0 radical (unpaired) electrons. The lowest BCUT2D eigenvalue weighted by Gasteiger charge is -2.38. The van der Waals surface area contributed by atoms with Crippen LogP contribution >= 0.6 is 0 Å². The van der Waals surface area contributed by atoms with Gasteiger partial charge in [0.1, 0.15) is 11.5 Å². The van der Waals surface area contributed by atoms with E-state index in [1.165, 1.54) is 18.1 Å². The molecule has 1 fully saturated rings. The van der Waals surface area contributed by atoms with Gasteiger partial charge in [0.2, 0.25) is 0 Å². The fraction of sp³-hybridized carbons (Fsp3) is 0.138. The summed E-state index contributed by atoms with van der Waals surface area (Å²) in [6, 6.07) is 31.6. The average Bonchev–Trinajstić information content (AvgIpc) is 3.22. The van der Waals surface area contributed by atoms with Crippen LogP contribution in [0.2, 0.25) is 0 Å². The molecule has 2 N–H and O–H groups in total. The van der Waals surface area contributed by atoms with E-state index in [0.29, 0.717) is 11.3 Å². The molecule has 162 valence electrons. The van der Waals surface area contributed by atoms with Crippen LogP contribution in [-0.4, -0.2) is 9.55 Å². The first-order valence-corrected chi connectivity index (χ1v) is 11.4. The Morgan fingerprint density at radius 2 is 1.55 bits per heavy atom. The summed E-state index contributed by atoms with van der Waals surface area (Å²) in [5.74, 6) is -0.274. The molecule has 6 rings (SSSR count). The quantitative estimate of drug-likeness (QED) is 0.337. The largest absolute Gasteiger partial charge is 0.321 e. The number of hydrogen-bond donors (Lipinski definition) is 1. The molecule has 0 spiro atoms. The monoisotopic (exact) mass is 433 g/mol. The van der Waals surface area contributed by atoms with E-state index in [4.69, 9.17) is 10.7 Å². The van der Waals surface area contributed by atoms with Crippen LogP contribution in [0.1, 0.15) is 24.8 Å². The third kappa shape index (κ3) is 3.35. The summed E-state index contributed by atoms with van der Waals surface area (Å²) in [6.45, 7) is 0. The van der Waals surface area contributed by atoms with Crippen LogP contribution in [-0.2, 0) is 5.54 Å². The first-order valence-electron chi connectivity index (χ1n) is 11.4. The summed E-state index contributed by atoms with van der Waals surface area (Å²) in [7, 11) is 0. The minimum atomic E-state index is -0.274. The van der Waals surface area contributed by atoms with Gasteiger partial charge in [-0.05, 0) is 72.9 Å². The fourth-order valence-corrected chi connectivity index (χ4v) is 4.77. The number of aromatic nitrogens is 2. The predicted molar refractivity (Wildman–Crippen MR) is 132 cm³/mol. The molecule has 33 heavy (non-hydrogen) atoms. The summed E-state index contributed by atoms with van der Waals surface area (Å²) in [5, 5.41) is 1.01. The molecule has 2 heterocycles. The molecule has 1 aliphatic rings. The maximum absolute atomic E-state index is 14.5. The van der Waals surface area contributed by atoms with Crippen molar-refractivity contribution in [3.8, 4) is 28.2 Å². The van der Waals surface area contributed by atoms with Crippen molar-refractivity contribution in [1.29, 1.82) is 0 Å². The van der Waals surface area contributed by atoms with Crippen LogP contribution in [0, 0.1) is 5.82 Å². The Bertz CT molecular complexity index is 1450. The van der Waals surface area contributed by atoms with E-state index >= 15 is 0 Å². The summed E-state index contributed by atoms with van der Waals surface area (Å²) in [6.07, 6.45) is 3.24. The van der Waals surface area contributed by atoms with Gasteiger partial charge in [-0.15, -0.1) is 0 Å². The fourth-order valence-electron chi connectivity index (χ4n) is 4.77. The highest BCUT2D eigenvalue weighted by molar-refractivity contribution is 5.88. The van der Waals surface area contributed by atoms with Gasteiger partial charge in [0, 0.05) is 22.2 Å². The number of benzene rings is 3. The van der Waals surface area contributed by atoms with Crippen LogP contribution < -0.4 is 5.73 Å². The topological polar surface area (TPSA) is 43.8 Å². The molecular weight excluding hydrogens is 409 g/mol. The van der Waals surface area contributed by atoms with Crippen molar-refractivity contribution in [2.75, 3.05) is 0 Å². The lowest BCUT2D eigenvalue weighted by molar-refractivity contribution is 0.253. The maximum atomic E-state index is 14.5. The molecule has 0 atom stereocenters. The van der Waals surface area contributed by atoms with Crippen LogP contribution in [0.3, 0.4) is 0 Å². The van der Waals surface area contributed by atoms with E-state index in [9.17, 15) is 4.39 Å². The van der Waals surface area contributed by atoms with Crippen LogP contribution in [0.4, 0.5) is 4.39 Å². The summed E-state index contributed by atoms with van der Waals surface area (Å²) in [4.78, 5) is 4.93. The molecule has 5 aromatic rings. The minimum absolute atomic E-state index is 0.199. The highest BCUT2D eigenvalue weighted by atomic mass is 19.1. The second-order valence-electron chi connectivity index (χ2n) is 8.88. The van der Waals surface area contributed by atoms with Gasteiger partial charge in [0.25, 0.3) is 0 Å². The molecule has 0 amide bonds. The number of hydrogen-bond acceptors (Lipinski definition) is 2. The zero-order valence-corrected chi connectivity index (χ0v) is 18.2. The number of nitrogens with two attached hydrogens (primary N) is 1. The minimum Gasteiger partial charge on any atom is -0.321 e. The van der Waals surface area contributed by atoms with Crippen molar-refractivity contribution in [3.63, 3.8) is 0 Å². The van der Waals surface area contributed by atoms with Crippen molar-refractivity contribution >= 4 is 11.0 Å². The van der Waals surface area contributed by atoms with Crippen molar-refractivity contribution in [2.24, 2.45) is 5.73 Å². The molecule has 3 aromatic carbocycles. The van der Waals surface area contributed by atoms with E-state index in [1.807, 2.05) is 36.4 Å². The van der Waals surface area contributed by atoms with Crippen molar-refractivity contribution in [1.82, 2.24) is 9.55 Å². The summed E-state index contributed by atoms with van der Waals surface area (Å²) < 4.78 is 16.7. The van der Waals surface area contributed by atoms with Gasteiger partial charge in [-0.2, -0.15) is 0 Å². The molecule has 0 saturated heterocycles. The Morgan fingerprint density at radius 3 is 2.24 bits per heavy atom. The molecule has 1 saturated carbocycles. The molecule has 0 bridgehead atoms. The number of halogens is 1.